The number of thioether (sulfide) groups is 1. The van der Waals surface area contributed by atoms with E-state index in [0.717, 1.165) is 11.8 Å². The summed E-state index contributed by atoms with van der Waals surface area (Å²) in [7, 11) is 0. The van der Waals surface area contributed by atoms with E-state index in [-0.39, 0.29) is 28.4 Å². The summed E-state index contributed by atoms with van der Waals surface area (Å²) in [6, 6.07) is 15.3. The molecule has 1 heterocycles. The van der Waals surface area contributed by atoms with Crippen molar-refractivity contribution in [2.75, 3.05) is 12.4 Å². The average Bonchev–Trinajstić information content (AvgIpc) is 3.20. The second kappa shape index (κ2) is 10.7. The number of nitrogens with one attached hydrogen (secondary N) is 1. The lowest BCUT2D eigenvalue weighted by molar-refractivity contribution is -0.140. The Bertz CT molecular complexity index is 1210. The van der Waals surface area contributed by atoms with Crippen LogP contribution in [0, 0.1) is 11.2 Å². The first-order valence-corrected chi connectivity index (χ1v) is 10.8. The zero-order chi connectivity index (χ0) is 24.0. The van der Waals surface area contributed by atoms with Crippen LogP contribution in [0.25, 0.3) is 17.1 Å². The van der Waals surface area contributed by atoms with Crippen LogP contribution in [0.15, 0.2) is 71.1 Å². The topological polar surface area (TPSA) is 118 Å². The summed E-state index contributed by atoms with van der Waals surface area (Å²) in [5, 5.41) is 26.2. The number of aromatic nitrogens is 3. The van der Waals surface area contributed by atoms with E-state index in [1.807, 2.05) is 30.3 Å². The lowest BCUT2D eigenvalue weighted by Crippen LogP contribution is -2.16. The van der Waals surface area contributed by atoms with Crippen molar-refractivity contribution in [2.45, 2.75) is 19.0 Å². The maximum atomic E-state index is 14.4. The standard InChI is InChI=1S/C23H21FN4O4S/c1-14(25)21(15(2)29)19(30)12-32-20(31)13-33-23-27-26-22(17-10-6-7-11-18(17)24)28(23)16-8-4-3-5-9-16/h3-11,25,30H,12-13H2,1-2H3/b21-19-,25-14?. The molecule has 0 saturated carbocycles. The predicted octanol–water partition coefficient (Wildman–Crippen LogP) is 4.15. The second-order valence-corrected chi connectivity index (χ2v) is 7.85. The minimum absolute atomic E-state index is 0.123. The van der Waals surface area contributed by atoms with Crippen molar-refractivity contribution in [1.29, 1.82) is 5.41 Å². The van der Waals surface area contributed by atoms with Gasteiger partial charge in [-0.1, -0.05) is 42.1 Å². The van der Waals surface area contributed by atoms with Gasteiger partial charge in [-0.25, -0.2) is 4.39 Å². The number of rotatable bonds is 9. The molecule has 3 aromatic rings. The molecule has 0 aliphatic rings. The summed E-state index contributed by atoms with van der Waals surface area (Å²) < 4.78 is 21.1. The van der Waals surface area contributed by atoms with Crippen molar-refractivity contribution in [3.05, 3.63) is 71.7 Å². The van der Waals surface area contributed by atoms with Gasteiger partial charge in [-0.2, -0.15) is 0 Å². The largest absolute Gasteiger partial charge is 0.508 e. The summed E-state index contributed by atoms with van der Waals surface area (Å²) in [5.41, 5.74) is 0.637. The van der Waals surface area contributed by atoms with Crippen LogP contribution in [0.1, 0.15) is 13.8 Å². The Labute approximate surface area is 193 Å². The molecule has 3 rings (SSSR count). The average molecular weight is 469 g/mol. The Morgan fingerprint density at radius 1 is 1.09 bits per heavy atom. The number of hydrogen-bond acceptors (Lipinski definition) is 8. The Balaban J connectivity index is 1.80. The third-order valence-electron chi connectivity index (χ3n) is 4.47. The van der Waals surface area contributed by atoms with Crippen LogP contribution in [0.5, 0.6) is 0 Å². The maximum absolute atomic E-state index is 14.4. The van der Waals surface area contributed by atoms with Crippen LogP contribution in [-0.2, 0) is 14.3 Å². The highest BCUT2D eigenvalue weighted by Crippen LogP contribution is 2.29. The Morgan fingerprint density at radius 3 is 2.39 bits per heavy atom. The fraction of sp³-hybridized carbons (Fsp3) is 0.174. The molecule has 0 amide bonds. The Kier molecular flexibility index (Phi) is 7.73. The highest BCUT2D eigenvalue weighted by molar-refractivity contribution is 7.99. The molecule has 0 spiro atoms. The minimum atomic E-state index is -0.674. The number of carbonyl (C=O) groups excluding carboxylic acids is 2. The molecule has 0 fully saturated rings. The van der Waals surface area contributed by atoms with E-state index in [9.17, 15) is 19.1 Å². The van der Waals surface area contributed by atoms with Crippen molar-refractivity contribution in [3.63, 3.8) is 0 Å². The molecular formula is C23H21FN4O4S. The van der Waals surface area contributed by atoms with Gasteiger partial charge in [-0.3, -0.25) is 14.2 Å². The number of hydrogen-bond donors (Lipinski definition) is 2. The van der Waals surface area contributed by atoms with E-state index in [4.69, 9.17) is 10.1 Å². The number of aliphatic hydroxyl groups is 1. The molecule has 1 aromatic heterocycles. The Hall–Kier alpha value is -3.79. The number of aliphatic hydroxyl groups excluding tert-OH is 1. The first kappa shape index (κ1) is 23.9. The monoisotopic (exact) mass is 468 g/mol. The molecule has 8 nitrogen and oxygen atoms in total. The van der Waals surface area contributed by atoms with Gasteiger partial charge in [-0.05, 0) is 38.1 Å². The van der Waals surface area contributed by atoms with Crippen molar-refractivity contribution in [1.82, 2.24) is 14.8 Å². The normalized spacial score (nSPS) is 11.6. The lowest BCUT2D eigenvalue weighted by Gasteiger charge is -2.11. The van der Waals surface area contributed by atoms with Gasteiger partial charge in [0.1, 0.15) is 18.2 Å². The molecule has 10 heteroatoms. The van der Waals surface area contributed by atoms with Crippen molar-refractivity contribution < 1.29 is 23.8 Å². The molecule has 2 aromatic carbocycles. The molecule has 0 saturated heterocycles. The zero-order valence-corrected chi connectivity index (χ0v) is 18.7. The van der Waals surface area contributed by atoms with Crippen LogP contribution in [-0.4, -0.2) is 49.7 Å². The van der Waals surface area contributed by atoms with Crippen LogP contribution >= 0.6 is 11.8 Å². The molecule has 0 unspecified atom stereocenters. The number of nitrogens with zero attached hydrogens (tertiary/aromatic N) is 3. The predicted molar refractivity (Wildman–Crippen MR) is 122 cm³/mol. The van der Waals surface area contributed by atoms with E-state index >= 15 is 0 Å². The first-order valence-electron chi connectivity index (χ1n) is 9.82. The summed E-state index contributed by atoms with van der Waals surface area (Å²) in [6.45, 7) is 2.04. The number of ether oxygens (including phenoxy) is 1. The first-order chi connectivity index (χ1) is 15.8. The van der Waals surface area contributed by atoms with Gasteiger partial charge in [-0.15, -0.1) is 10.2 Å². The number of Topliss-reactive ketones (excluding diaryl/α,β-unsaturated/α-hetero) is 1. The quantitative estimate of drug-likeness (QED) is 0.159. The van der Waals surface area contributed by atoms with E-state index < -0.39 is 29.9 Å². The van der Waals surface area contributed by atoms with Crippen LogP contribution in [0.3, 0.4) is 0 Å². The van der Waals surface area contributed by atoms with E-state index in [2.05, 4.69) is 10.2 Å². The van der Waals surface area contributed by atoms with E-state index in [1.165, 1.54) is 19.9 Å². The molecule has 0 aliphatic heterocycles. The molecule has 170 valence electrons. The fourth-order valence-corrected chi connectivity index (χ4v) is 3.81. The summed E-state index contributed by atoms with van der Waals surface area (Å²) >= 11 is 1.03. The fourth-order valence-electron chi connectivity index (χ4n) is 3.06. The van der Waals surface area contributed by atoms with Gasteiger partial charge >= 0.3 is 5.97 Å². The molecule has 0 radical (unpaired) electrons. The number of allylic oxidation sites excluding steroid dienone is 1. The smallest absolute Gasteiger partial charge is 0.316 e. The number of halogens is 1. The molecular weight excluding hydrogens is 447 g/mol. The summed E-state index contributed by atoms with van der Waals surface area (Å²) in [4.78, 5) is 23.8. The van der Waals surface area contributed by atoms with Gasteiger partial charge in [0.15, 0.2) is 16.8 Å². The number of benzene rings is 2. The third kappa shape index (κ3) is 5.72. The van der Waals surface area contributed by atoms with Crippen LogP contribution < -0.4 is 0 Å². The zero-order valence-electron chi connectivity index (χ0n) is 17.9. The minimum Gasteiger partial charge on any atom is -0.508 e. The maximum Gasteiger partial charge on any atom is 0.316 e. The van der Waals surface area contributed by atoms with Gasteiger partial charge in [0.25, 0.3) is 0 Å². The third-order valence-corrected chi connectivity index (χ3v) is 5.37. The van der Waals surface area contributed by atoms with Gasteiger partial charge in [0, 0.05) is 11.4 Å². The summed E-state index contributed by atoms with van der Waals surface area (Å²) in [5.74, 6) is -2.00. The molecule has 2 N–H and O–H groups in total. The highest BCUT2D eigenvalue weighted by atomic mass is 32.2. The lowest BCUT2D eigenvalue weighted by atomic mass is 10.1. The molecule has 0 atom stereocenters. The van der Waals surface area contributed by atoms with E-state index in [0.29, 0.717) is 10.8 Å². The van der Waals surface area contributed by atoms with Gasteiger partial charge in [0.05, 0.1) is 16.9 Å². The summed E-state index contributed by atoms with van der Waals surface area (Å²) in [6.07, 6.45) is 0. The van der Waals surface area contributed by atoms with Crippen molar-refractivity contribution in [2.24, 2.45) is 0 Å². The van der Waals surface area contributed by atoms with Crippen molar-refractivity contribution in [3.8, 4) is 17.1 Å². The highest BCUT2D eigenvalue weighted by Gasteiger charge is 2.20. The number of carbonyl (C=O) groups is 2. The molecule has 0 bridgehead atoms. The van der Waals surface area contributed by atoms with Crippen LogP contribution in [0.2, 0.25) is 0 Å². The SMILES string of the molecule is CC(=N)/C(C(C)=O)=C(/O)COC(=O)CSc1nnc(-c2ccccc2F)n1-c1ccccc1. The number of esters is 1. The molecule has 33 heavy (non-hydrogen) atoms. The Morgan fingerprint density at radius 2 is 1.76 bits per heavy atom. The second-order valence-electron chi connectivity index (χ2n) is 6.91. The number of para-hydroxylation sites is 1. The molecule has 0 aliphatic carbocycles. The van der Waals surface area contributed by atoms with E-state index in [1.54, 1.807) is 22.8 Å². The van der Waals surface area contributed by atoms with Gasteiger partial charge < -0.3 is 15.3 Å². The number of ketones is 1. The van der Waals surface area contributed by atoms with Crippen LogP contribution in [0.4, 0.5) is 4.39 Å². The van der Waals surface area contributed by atoms with Gasteiger partial charge in [0.2, 0.25) is 0 Å². The van der Waals surface area contributed by atoms with Crippen molar-refractivity contribution >= 4 is 29.2 Å².